The summed E-state index contributed by atoms with van der Waals surface area (Å²) >= 11 is 0. The highest BCUT2D eigenvalue weighted by Gasteiger charge is 2.38. The number of fused-ring (bicyclic) bond motifs is 1. The Balaban J connectivity index is 3.07. The number of nitrogens with zero attached hydrogens (tertiary/aromatic N) is 1. The zero-order valence-corrected chi connectivity index (χ0v) is 10.2. The van der Waals surface area contributed by atoms with Crippen molar-refractivity contribution in [3.63, 3.8) is 0 Å². The fourth-order valence-electron chi connectivity index (χ4n) is 2.01. The summed E-state index contributed by atoms with van der Waals surface area (Å²) in [4.78, 5) is 17.5. The van der Waals surface area contributed by atoms with Gasteiger partial charge in [-0.3, -0.25) is 4.79 Å². The Hall–Kier alpha value is -1.92. The molecule has 0 amide bonds. The SMILES string of the molecule is CCc1nc(F)c(C(F)(F)F)c2[nH]c(C)cc(=O)c12. The molecule has 0 saturated carbocycles. The lowest BCUT2D eigenvalue weighted by Gasteiger charge is -2.13. The number of hydrogen-bond donors (Lipinski definition) is 1. The molecule has 19 heavy (non-hydrogen) atoms. The summed E-state index contributed by atoms with van der Waals surface area (Å²) in [6.07, 6.45) is -4.75. The summed E-state index contributed by atoms with van der Waals surface area (Å²) in [5.41, 5.74) is -2.42. The quantitative estimate of drug-likeness (QED) is 0.642. The summed E-state index contributed by atoms with van der Waals surface area (Å²) in [6, 6.07) is 1.17. The highest BCUT2D eigenvalue weighted by atomic mass is 19.4. The number of halogens is 4. The topological polar surface area (TPSA) is 45.8 Å². The lowest BCUT2D eigenvalue weighted by molar-refractivity contribution is -0.139. The molecule has 7 heteroatoms. The van der Waals surface area contributed by atoms with Crippen LogP contribution < -0.4 is 5.43 Å². The lowest BCUT2D eigenvalue weighted by atomic mass is 10.1. The van der Waals surface area contributed by atoms with Crippen LogP contribution >= 0.6 is 0 Å². The van der Waals surface area contributed by atoms with Crippen molar-refractivity contribution < 1.29 is 17.6 Å². The Morgan fingerprint density at radius 1 is 1.37 bits per heavy atom. The predicted molar refractivity (Wildman–Crippen MR) is 61.4 cm³/mol. The molecule has 2 aromatic heterocycles. The van der Waals surface area contributed by atoms with Crippen LogP contribution in [0.2, 0.25) is 0 Å². The number of alkyl halides is 3. The molecule has 0 radical (unpaired) electrons. The Labute approximate surface area is 105 Å². The van der Waals surface area contributed by atoms with Crippen molar-refractivity contribution in [2.75, 3.05) is 0 Å². The zero-order valence-electron chi connectivity index (χ0n) is 10.2. The molecule has 0 fully saturated rings. The van der Waals surface area contributed by atoms with Crippen molar-refractivity contribution in [2.24, 2.45) is 0 Å². The zero-order chi connectivity index (χ0) is 14.4. The van der Waals surface area contributed by atoms with Crippen LogP contribution in [-0.4, -0.2) is 9.97 Å². The van der Waals surface area contributed by atoms with E-state index in [2.05, 4.69) is 9.97 Å². The number of nitrogens with one attached hydrogen (secondary N) is 1. The molecule has 0 saturated heterocycles. The molecule has 0 aliphatic rings. The highest BCUT2D eigenvalue weighted by molar-refractivity contribution is 5.84. The molecule has 102 valence electrons. The Morgan fingerprint density at radius 2 is 2.00 bits per heavy atom. The third-order valence-corrected chi connectivity index (χ3v) is 2.76. The first-order valence-corrected chi connectivity index (χ1v) is 5.55. The average Bonchev–Trinajstić information content (AvgIpc) is 2.24. The predicted octanol–water partition coefficient (Wildman–Crippen LogP) is 2.95. The first-order chi connectivity index (χ1) is 8.75. The number of rotatable bonds is 1. The van der Waals surface area contributed by atoms with E-state index in [4.69, 9.17) is 0 Å². The molecule has 0 aliphatic heterocycles. The number of aromatic nitrogens is 2. The van der Waals surface area contributed by atoms with Crippen molar-refractivity contribution in [1.82, 2.24) is 9.97 Å². The summed E-state index contributed by atoms with van der Waals surface area (Å²) in [7, 11) is 0. The second kappa shape index (κ2) is 4.32. The Kier molecular flexibility index (Phi) is 3.07. The molecule has 0 aromatic carbocycles. The van der Waals surface area contributed by atoms with Crippen molar-refractivity contribution in [3.8, 4) is 0 Å². The van der Waals surface area contributed by atoms with Gasteiger partial charge in [0.05, 0.1) is 16.6 Å². The molecule has 2 heterocycles. The van der Waals surface area contributed by atoms with Crippen LogP contribution in [-0.2, 0) is 12.6 Å². The average molecular weight is 274 g/mol. The summed E-state index contributed by atoms with van der Waals surface area (Å²) in [5.74, 6) is -1.61. The van der Waals surface area contributed by atoms with Crippen LogP contribution in [0.15, 0.2) is 10.9 Å². The van der Waals surface area contributed by atoms with Gasteiger partial charge < -0.3 is 4.98 Å². The number of hydrogen-bond acceptors (Lipinski definition) is 2. The number of aryl methyl sites for hydroxylation is 2. The first kappa shape index (κ1) is 13.5. The number of H-pyrrole nitrogens is 1. The molecule has 0 unspecified atom stereocenters. The minimum Gasteiger partial charge on any atom is -0.358 e. The molecule has 3 nitrogen and oxygen atoms in total. The van der Waals surface area contributed by atoms with Crippen LogP contribution in [0.1, 0.15) is 23.9 Å². The van der Waals surface area contributed by atoms with Gasteiger partial charge in [-0.25, -0.2) is 4.98 Å². The fourth-order valence-corrected chi connectivity index (χ4v) is 2.01. The van der Waals surface area contributed by atoms with Gasteiger partial charge in [0.15, 0.2) is 5.43 Å². The minimum atomic E-state index is -4.92. The largest absolute Gasteiger partial charge is 0.422 e. The maximum Gasteiger partial charge on any atom is 0.422 e. The fraction of sp³-hybridized carbons (Fsp3) is 0.333. The Morgan fingerprint density at radius 3 is 2.53 bits per heavy atom. The third kappa shape index (κ3) is 2.20. The molecule has 2 aromatic rings. The van der Waals surface area contributed by atoms with Crippen molar-refractivity contribution in [2.45, 2.75) is 26.4 Å². The van der Waals surface area contributed by atoms with Gasteiger partial charge in [-0.15, -0.1) is 0 Å². The van der Waals surface area contributed by atoms with E-state index in [0.29, 0.717) is 0 Å². The number of aromatic amines is 1. The van der Waals surface area contributed by atoms with E-state index in [9.17, 15) is 22.4 Å². The normalized spacial score (nSPS) is 12.1. The van der Waals surface area contributed by atoms with Gasteiger partial charge in [0.1, 0.15) is 5.56 Å². The monoisotopic (exact) mass is 274 g/mol. The molecule has 0 bridgehead atoms. The molecule has 0 spiro atoms. The van der Waals surface area contributed by atoms with Crippen LogP contribution in [0.5, 0.6) is 0 Å². The Bertz CT molecular complexity index is 703. The molecular formula is C12H10F4N2O. The van der Waals surface area contributed by atoms with Crippen molar-refractivity contribution in [1.29, 1.82) is 0 Å². The van der Waals surface area contributed by atoms with Crippen molar-refractivity contribution in [3.05, 3.63) is 39.2 Å². The maximum absolute atomic E-state index is 13.6. The van der Waals surface area contributed by atoms with Gasteiger partial charge in [0.2, 0.25) is 5.95 Å². The van der Waals surface area contributed by atoms with Gasteiger partial charge in [0, 0.05) is 11.8 Å². The second-order valence-electron chi connectivity index (χ2n) is 4.14. The van der Waals surface area contributed by atoms with Gasteiger partial charge in [-0.05, 0) is 13.3 Å². The van der Waals surface area contributed by atoms with E-state index in [0.717, 1.165) is 0 Å². The molecular weight excluding hydrogens is 264 g/mol. The summed E-state index contributed by atoms with van der Waals surface area (Å²) in [5, 5.41) is -0.207. The highest BCUT2D eigenvalue weighted by Crippen LogP contribution is 2.35. The molecule has 2 rings (SSSR count). The van der Waals surface area contributed by atoms with Crippen LogP contribution in [0.3, 0.4) is 0 Å². The van der Waals surface area contributed by atoms with E-state index in [-0.39, 0.29) is 23.2 Å². The van der Waals surface area contributed by atoms with E-state index >= 15 is 0 Å². The van der Waals surface area contributed by atoms with Gasteiger partial charge in [-0.2, -0.15) is 17.6 Å². The van der Waals surface area contributed by atoms with E-state index in [1.54, 1.807) is 6.92 Å². The second-order valence-corrected chi connectivity index (χ2v) is 4.14. The van der Waals surface area contributed by atoms with Crippen LogP contribution in [0.4, 0.5) is 17.6 Å². The van der Waals surface area contributed by atoms with E-state index < -0.39 is 28.6 Å². The standard InChI is InChI=1S/C12H10F4N2O/c1-3-6-8-7(19)4-5(2)17-10(8)9(11(13)18-6)12(14,15)16/h4H,3H2,1-2H3,(H,17,19). The van der Waals surface area contributed by atoms with E-state index in [1.807, 2.05) is 0 Å². The van der Waals surface area contributed by atoms with E-state index in [1.165, 1.54) is 13.0 Å². The van der Waals surface area contributed by atoms with Crippen LogP contribution in [0, 0.1) is 12.9 Å². The van der Waals surface area contributed by atoms with Crippen LogP contribution in [0.25, 0.3) is 10.9 Å². The van der Waals surface area contributed by atoms with Crippen molar-refractivity contribution >= 4 is 10.9 Å². The summed E-state index contributed by atoms with van der Waals surface area (Å²) < 4.78 is 52.2. The van der Waals surface area contributed by atoms with Gasteiger partial charge in [0.25, 0.3) is 0 Å². The lowest BCUT2D eigenvalue weighted by Crippen LogP contribution is -2.17. The molecule has 1 N–H and O–H groups in total. The smallest absolute Gasteiger partial charge is 0.358 e. The molecule has 0 atom stereocenters. The molecule has 0 aliphatic carbocycles. The third-order valence-electron chi connectivity index (χ3n) is 2.76. The minimum absolute atomic E-state index is 0.0155. The van der Waals surface area contributed by atoms with Gasteiger partial charge >= 0.3 is 6.18 Å². The number of pyridine rings is 2. The maximum atomic E-state index is 13.6. The first-order valence-electron chi connectivity index (χ1n) is 5.55. The summed E-state index contributed by atoms with van der Waals surface area (Å²) in [6.45, 7) is 3.03. The van der Waals surface area contributed by atoms with Gasteiger partial charge in [-0.1, -0.05) is 6.92 Å².